The van der Waals surface area contributed by atoms with Crippen LogP contribution >= 0.6 is 0 Å². The molecule has 0 N–H and O–H groups in total. The van der Waals surface area contributed by atoms with Crippen molar-refractivity contribution >= 4 is 12.4 Å². The van der Waals surface area contributed by atoms with E-state index in [2.05, 4.69) is 71.9 Å². The van der Waals surface area contributed by atoms with Crippen molar-refractivity contribution in [3.63, 3.8) is 0 Å². The van der Waals surface area contributed by atoms with E-state index in [0.29, 0.717) is 10.8 Å². The van der Waals surface area contributed by atoms with E-state index in [1.54, 1.807) is 0 Å². The first-order chi connectivity index (χ1) is 17.7. The predicted octanol–water partition coefficient (Wildman–Crippen LogP) is 9.92. The van der Waals surface area contributed by atoms with Crippen LogP contribution in [-0.4, -0.2) is 6.29 Å². The highest BCUT2D eigenvalue weighted by Crippen LogP contribution is 2.69. The number of allylic oxidation sites excluding steroid dienone is 1. The highest BCUT2D eigenvalue weighted by Gasteiger charge is 2.61. The van der Waals surface area contributed by atoms with E-state index in [9.17, 15) is 4.79 Å². The molecule has 9 atom stereocenters. The van der Waals surface area contributed by atoms with Crippen molar-refractivity contribution in [3.8, 4) is 0 Å². The smallest absolute Gasteiger partial charge is 0.127 e. The second-order valence-electron chi connectivity index (χ2n) is 14.9. The van der Waals surface area contributed by atoms with Crippen LogP contribution in [0.4, 0.5) is 0 Å². The Morgan fingerprint density at radius 3 is 2.43 bits per heavy atom. The zero-order valence-electron chi connectivity index (χ0n) is 24.8. The summed E-state index contributed by atoms with van der Waals surface area (Å²) in [5, 5.41) is 0. The molecule has 0 bridgehead atoms. The lowest BCUT2D eigenvalue weighted by atomic mass is 9.43. The SMILES string of the molecule is Cc1ccccc1/C=C1\CC2CC[C@H]3[C@@H]4CC[C@H]([C@H](C)CCCC(C)C)[C@@]4(C)CC[C@@H]3[C@@]2(C)CC1C=O. The summed E-state index contributed by atoms with van der Waals surface area (Å²) < 4.78 is 0. The van der Waals surface area contributed by atoms with E-state index >= 15 is 0 Å². The number of benzene rings is 1. The zero-order chi connectivity index (χ0) is 26.4. The molecule has 0 spiro atoms. The molecule has 4 aliphatic carbocycles. The van der Waals surface area contributed by atoms with Gasteiger partial charge in [-0.2, -0.15) is 0 Å². The van der Waals surface area contributed by atoms with Gasteiger partial charge in [-0.3, -0.25) is 0 Å². The zero-order valence-corrected chi connectivity index (χ0v) is 24.8. The van der Waals surface area contributed by atoms with E-state index in [1.807, 2.05) is 0 Å². The summed E-state index contributed by atoms with van der Waals surface area (Å²) in [6.07, 6.45) is 18.7. The number of aldehydes is 1. The molecule has 0 aromatic heterocycles. The first-order valence-corrected chi connectivity index (χ1v) is 15.9. The third-order valence-electron chi connectivity index (χ3n) is 12.6. The summed E-state index contributed by atoms with van der Waals surface area (Å²) in [5.41, 5.74) is 4.91. The van der Waals surface area contributed by atoms with Crippen LogP contribution in [0.1, 0.15) is 116 Å². The van der Waals surface area contributed by atoms with Gasteiger partial charge in [0.15, 0.2) is 0 Å². The molecule has 2 unspecified atom stereocenters. The fourth-order valence-electron chi connectivity index (χ4n) is 10.5. The lowest BCUT2D eigenvalue weighted by Crippen LogP contribution is -2.54. The molecule has 1 aromatic rings. The number of carbonyl (C=O) groups excluding carboxylic acids is 1. The molecule has 0 radical (unpaired) electrons. The fourth-order valence-corrected chi connectivity index (χ4v) is 10.5. The predicted molar refractivity (Wildman–Crippen MR) is 157 cm³/mol. The lowest BCUT2D eigenvalue weighted by molar-refractivity contribution is -0.126. The minimum atomic E-state index is 0.102. The largest absolute Gasteiger partial charge is 0.303 e. The molecule has 0 heterocycles. The van der Waals surface area contributed by atoms with Gasteiger partial charge in [-0.25, -0.2) is 0 Å². The molecule has 37 heavy (non-hydrogen) atoms. The summed E-state index contributed by atoms with van der Waals surface area (Å²) >= 11 is 0. The van der Waals surface area contributed by atoms with Crippen LogP contribution in [-0.2, 0) is 4.79 Å². The maximum Gasteiger partial charge on any atom is 0.127 e. The first kappa shape index (κ1) is 27.2. The van der Waals surface area contributed by atoms with E-state index < -0.39 is 0 Å². The van der Waals surface area contributed by atoms with Gasteiger partial charge in [0.1, 0.15) is 6.29 Å². The average molecular weight is 503 g/mol. The Labute approximate surface area is 228 Å². The van der Waals surface area contributed by atoms with Gasteiger partial charge in [-0.05, 0) is 122 Å². The van der Waals surface area contributed by atoms with Crippen molar-refractivity contribution in [2.24, 2.45) is 58.2 Å². The van der Waals surface area contributed by atoms with Crippen molar-refractivity contribution in [1.29, 1.82) is 0 Å². The summed E-state index contributed by atoms with van der Waals surface area (Å²) in [7, 11) is 0. The number of aryl methyl sites for hydroxylation is 1. The third-order valence-corrected chi connectivity index (χ3v) is 12.6. The molecule has 204 valence electrons. The van der Waals surface area contributed by atoms with E-state index in [4.69, 9.17) is 0 Å². The summed E-state index contributed by atoms with van der Waals surface area (Å²) in [4.78, 5) is 12.5. The van der Waals surface area contributed by atoms with Crippen LogP contribution in [0.2, 0.25) is 0 Å². The van der Waals surface area contributed by atoms with Crippen molar-refractivity contribution < 1.29 is 4.79 Å². The van der Waals surface area contributed by atoms with Gasteiger partial charge < -0.3 is 4.79 Å². The molecule has 4 aliphatic rings. The molecule has 0 aliphatic heterocycles. The Balaban J connectivity index is 1.33. The standard InChI is InChI=1S/C36H54O/c1-24(2)10-9-12-26(4)32-16-17-33-31-15-14-30-21-28(20-27-13-8-7-11-25(27)3)29(23-37)22-36(30,6)34(31)18-19-35(32,33)5/h7-8,11,13,20,23-24,26,29-34H,9-10,12,14-19,21-22H2,1-6H3/b28-20+/t26-,29?,30?,31+,32-,33+,34+,35-,36+/m1/s1. The van der Waals surface area contributed by atoms with Crippen molar-refractivity contribution in [1.82, 2.24) is 0 Å². The van der Waals surface area contributed by atoms with E-state index in [1.165, 1.54) is 80.8 Å². The normalized spacial score (nSPS) is 41.2. The molecule has 1 nitrogen and oxygen atoms in total. The molecule has 4 fully saturated rings. The number of rotatable bonds is 7. The van der Waals surface area contributed by atoms with Crippen LogP contribution in [0.5, 0.6) is 0 Å². The average Bonchev–Trinajstić information content (AvgIpc) is 3.22. The minimum absolute atomic E-state index is 0.102. The van der Waals surface area contributed by atoms with Gasteiger partial charge in [0.05, 0.1) is 0 Å². The van der Waals surface area contributed by atoms with Gasteiger partial charge >= 0.3 is 0 Å². The third kappa shape index (κ3) is 4.91. The summed E-state index contributed by atoms with van der Waals surface area (Å²) in [5.74, 6) is 6.11. The Kier molecular flexibility index (Phi) is 7.83. The summed E-state index contributed by atoms with van der Waals surface area (Å²) in [6, 6.07) is 8.66. The molecular weight excluding hydrogens is 448 g/mol. The summed E-state index contributed by atoms with van der Waals surface area (Å²) in [6.45, 7) is 14.8. The molecule has 0 saturated heterocycles. The molecule has 1 aromatic carbocycles. The first-order valence-electron chi connectivity index (χ1n) is 15.9. The number of hydrogen-bond acceptors (Lipinski definition) is 1. The molecule has 0 amide bonds. The number of hydrogen-bond donors (Lipinski definition) is 0. The maximum absolute atomic E-state index is 12.5. The molecule has 4 saturated carbocycles. The Morgan fingerprint density at radius 1 is 0.946 bits per heavy atom. The van der Waals surface area contributed by atoms with Crippen molar-refractivity contribution in [2.45, 2.75) is 112 Å². The molecule has 1 heteroatoms. The van der Waals surface area contributed by atoms with E-state index in [0.717, 1.165) is 54.3 Å². The van der Waals surface area contributed by atoms with Gasteiger partial charge in [0.2, 0.25) is 0 Å². The van der Waals surface area contributed by atoms with Crippen LogP contribution in [0, 0.1) is 65.1 Å². The topological polar surface area (TPSA) is 17.1 Å². The Bertz CT molecular complexity index is 988. The van der Waals surface area contributed by atoms with Crippen LogP contribution in [0.25, 0.3) is 6.08 Å². The quantitative estimate of drug-likeness (QED) is 0.339. The number of carbonyl (C=O) groups is 1. The van der Waals surface area contributed by atoms with Gasteiger partial charge in [0, 0.05) is 5.92 Å². The maximum atomic E-state index is 12.5. The highest BCUT2D eigenvalue weighted by atomic mass is 16.1. The van der Waals surface area contributed by atoms with E-state index in [-0.39, 0.29) is 5.92 Å². The minimum Gasteiger partial charge on any atom is -0.303 e. The van der Waals surface area contributed by atoms with Gasteiger partial charge in [-0.15, -0.1) is 0 Å². The Morgan fingerprint density at radius 2 is 1.70 bits per heavy atom. The van der Waals surface area contributed by atoms with Crippen molar-refractivity contribution in [2.75, 3.05) is 0 Å². The van der Waals surface area contributed by atoms with Gasteiger partial charge in [0.25, 0.3) is 0 Å². The van der Waals surface area contributed by atoms with Crippen molar-refractivity contribution in [3.05, 3.63) is 41.0 Å². The Hall–Kier alpha value is -1.37. The number of fused-ring (bicyclic) bond motifs is 5. The van der Waals surface area contributed by atoms with Crippen LogP contribution in [0.3, 0.4) is 0 Å². The van der Waals surface area contributed by atoms with Gasteiger partial charge in [-0.1, -0.05) is 89.8 Å². The monoisotopic (exact) mass is 502 g/mol. The van der Waals surface area contributed by atoms with Crippen LogP contribution in [0.15, 0.2) is 29.8 Å². The molecule has 5 rings (SSSR count). The fraction of sp³-hybridized carbons (Fsp3) is 0.750. The highest BCUT2D eigenvalue weighted by molar-refractivity contribution is 5.67. The second-order valence-corrected chi connectivity index (χ2v) is 14.9. The second kappa shape index (κ2) is 10.7. The van der Waals surface area contributed by atoms with Crippen LogP contribution < -0.4 is 0 Å². The molecular formula is C36H54O. The lowest BCUT2D eigenvalue weighted by Gasteiger charge is -2.61.